The number of benzene rings is 1. The van der Waals surface area contributed by atoms with Crippen molar-refractivity contribution in [3.63, 3.8) is 0 Å². The van der Waals surface area contributed by atoms with Crippen LogP contribution in [-0.4, -0.2) is 11.3 Å². The molecule has 108 valence electrons. The zero-order valence-electron chi connectivity index (χ0n) is 12.6. The Morgan fingerprint density at radius 1 is 1.15 bits per heavy atom. The lowest BCUT2D eigenvalue weighted by Crippen LogP contribution is -2.13. The summed E-state index contributed by atoms with van der Waals surface area (Å²) in [6.07, 6.45) is 0.207. The van der Waals surface area contributed by atoms with E-state index in [1.807, 2.05) is 39.8 Å². The lowest BCUT2D eigenvalue weighted by molar-refractivity contribution is 0.242. The van der Waals surface area contributed by atoms with E-state index in [-0.39, 0.29) is 6.10 Å². The molecule has 0 saturated carbocycles. The Bertz CT molecular complexity index is 525. The van der Waals surface area contributed by atoms with E-state index in [9.17, 15) is 0 Å². The van der Waals surface area contributed by atoms with Crippen molar-refractivity contribution in [1.29, 1.82) is 0 Å². The second kappa shape index (κ2) is 6.57. The van der Waals surface area contributed by atoms with Crippen LogP contribution in [0.4, 0.5) is 0 Å². The molecule has 1 N–H and O–H groups in total. The molecule has 0 unspecified atom stereocenters. The first-order chi connectivity index (χ1) is 9.56. The van der Waals surface area contributed by atoms with Gasteiger partial charge in [-0.3, -0.25) is 0 Å². The summed E-state index contributed by atoms with van der Waals surface area (Å²) in [5.74, 6) is 1.80. The van der Waals surface area contributed by atoms with E-state index in [1.165, 1.54) is 5.56 Å². The van der Waals surface area contributed by atoms with Crippen LogP contribution in [0, 0.1) is 13.8 Å². The van der Waals surface area contributed by atoms with Gasteiger partial charge in [-0.05, 0) is 45.4 Å². The Morgan fingerprint density at radius 2 is 1.85 bits per heavy atom. The van der Waals surface area contributed by atoms with Gasteiger partial charge in [0.15, 0.2) is 0 Å². The van der Waals surface area contributed by atoms with Gasteiger partial charge in [0.05, 0.1) is 11.8 Å². The van der Waals surface area contributed by atoms with Crippen LogP contribution in [-0.2, 0) is 13.1 Å². The third-order valence-corrected chi connectivity index (χ3v) is 3.11. The summed E-state index contributed by atoms with van der Waals surface area (Å²) in [7, 11) is 0. The SMILES string of the molecule is Cc1noc(C)c1CNCc1ccc(OC(C)C)cc1. The first-order valence-corrected chi connectivity index (χ1v) is 6.94. The summed E-state index contributed by atoms with van der Waals surface area (Å²) in [6, 6.07) is 8.18. The standard InChI is InChI=1S/C16H22N2O2/c1-11(2)19-15-7-5-14(6-8-15)9-17-10-16-12(3)18-20-13(16)4/h5-8,11,17H,9-10H2,1-4H3. The second-order valence-electron chi connectivity index (χ2n) is 5.22. The van der Waals surface area contributed by atoms with Gasteiger partial charge in [0.1, 0.15) is 11.5 Å². The minimum Gasteiger partial charge on any atom is -0.491 e. The van der Waals surface area contributed by atoms with Crippen LogP contribution in [0.25, 0.3) is 0 Å². The van der Waals surface area contributed by atoms with Crippen molar-refractivity contribution in [3.05, 3.63) is 46.8 Å². The Hall–Kier alpha value is -1.81. The molecule has 4 nitrogen and oxygen atoms in total. The highest BCUT2D eigenvalue weighted by atomic mass is 16.5. The van der Waals surface area contributed by atoms with Crippen LogP contribution in [0.2, 0.25) is 0 Å². The fourth-order valence-electron chi connectivity index (χ4n) is 2.04. The lowest BCUT2D eigenvalue weighted by Gasteiger charge is -2.10. The van der Waals surface area contributed by atoms with Crippen LogP contribution in [0.5, 0.6) is 5.75 Å². The van der Waals surface area contributed by atoms with Gasteiger partial charge in [0.2, 0.25) is 0 Å². The Labute approximate surface area is 120 Å². The zero-order chi connectivity index (χ0) is 14.5. The zero-order valence-corrected chi connectivity index (χ0v) is 12.6. The van der Waals surface area contributed by atoms with Crippen LogP contribution in [0.15, 0.2) is 28.8 Å². The molecule has 0 aliphatic rings. The number of aromatic nitrogens is 1. The molecular formula is C16H22N2O2. The average Bonchev–Trinajstić information content (AvgIpc) is 2.72. The number of nitrogens with one attached hydrogen (secondary N) is 1. The molecule has 0 saturated heterocycles. The van der Waals surface area contributed by atoms with E-state index in [2.05, 4.69) is 22.6 Å². The largest absolute Gasteiger partial charge is 0.491 e. The highest BCUT2D eigenvalue weighted by Crippen LogP contribution is 2.15. The number of hydrogen-bond acceptors (Lipinski definition) is 4. The van der Waals surface area contributed by atoms with Gasteiger partial charge in [-0.15, -0.1) is 0 Å². The summed E-state index contributed by atoms with van der Waals surface area (Å²) in [5, 5.41) is 7.35. The average molecular weight is 274 g/mol. The maximum Gasteiger partial charge on any atom is 0.138 e. The van der Waals surface area contributed by atoms with Crippen molar-refractivity contribution in [3.8, 4) is 5.75 Å². The van der Waals surface area contributed by atoms with E-state index >= 15 is 0 Å². The number of ether oxygens (including phenoxy) is 1. The fourth-order valence-corrected chi connectivity index (χ4v) is 2.04. The van der Waals surface area contributed by atoms with Gasteiger partial charge in [0.25, 0.3) is 0 Å². The van der Waals surface area contributed by atoms with Crippen molar-refractivity contribution in [2.24, 2.45) is 0 Å². The van der Waals surface area contributed by atoms with Gasteiger partial charge < -0.3 is 14.6 Å². The molecule has 0 aliphatic heterocycles. The van der Waals surface area contributed by atoms with Gasteiger partial charge in [-0.2, -0.15) is 0 Å². The van der Waals surface area contributed by atoms with Crippen LogP contribution >= 0.6 is 0 Å². The summed E-state index contributed by atoms with van der Waals surface area (Å²) in [4.78, 5) is 0. The van der Waals surface area contributed by atoms with Gasteiger partial charge >= 0.3 is 0 Å². The maximum atomic E-state index is 5.62. The van der Waals surface area contributed by atoms with Crippen molar-refractivity contribution < 1.29 is 9.26 Å². The molecule has 1 heterocycles. The highest BCUT2D eigenvalue weighted by Gasteiger charge is 2.07. The molecule has 2 rings (SSSR count). The maximum absolute atomic E-state index is 5.62. The molecule has 0 spiro atoms. The fraction of sp³-hybridized carbons (Fsp3) is 0.438. The van der Waals surface area contributed by atoms with E-state index in [0.717, 1.165) is 35.9 Å². The van der Waals surface area contributed by atoms with Crippen molar-refractivity contribution in [2.75, 3.05) is 0 Å². The Morgan fingerprint density at radius 3 is 2.40 bits per heavy atom. The Kier molecular flexibility index (Phi) is 4.79. The molecule has 0 aliphatic carbocycles. The van der Waals surface area contributed by atoms with Crippen LogP contribution < -0.4 is 10.1 Å². The normalized spacial score (nSPS) is 11.1. The predicted molar refractivity (Wildman–Crippen MR) is 78.7 cm³/mol. The quantitative estimate of drug-likeness (QED) is 0.877. The summed E-state index contributed by atoms with van der Waals surface area (Å²) in [5.41, 5.74) is 3.33. The summed E-state index contributed by atoms with van der Waals surface area (Å²) in [6.45, 7) is 9.54. The second-order valence-corrected chi connectivity index (χ2v) is 5.22. The van der Waals surface area contributed by atoms with Crippen LogP contribution in [0.1, 0.15) is 36.4 Å². The minimum absolute atomic E-state index is 0.207. The van der Waals surface area contributed by atoms with Crippen molar-refractivity contribution in [2.45, 2.75) is 46.9 Å². The molecule has 2 aromatic rings. The summed E-state index contributed by atoms with van der Waals surface area (Å²) >= 11 is 0. The van der Waals surface area contributed by atoms with Crippen LogP contribution in [0.3, 0.4) is 0 Å². The number of rotatable bonds is 6. The highest BCUT2D eigenvalue weighted by molar-refractivity contribution is 5.27. The number of aryl methyl sites for hydroxylation is 2. The molecule has 1 aromatic carbocycles. The molecular weight excluding hydrogens is 252 g/mol. The van der Waals surface area contributed by atoms with Gasteiger partial charge in [-0.25, -0.2) is 0 Å². The third kappa shape index (κ3) is 3.84. The third-order valence-electron chi connectivity index (χ3n) is 3.11. The van der Waals surface area contributed by atoms with E-state index < -0.39 is 0 Å². The van der Waals surface area contributed by atoms with E-state index in [1.54, 1.807) is 0 Å². The monoisotopic (exact) mass is 274 g/mol. The van der Waals surface area contributed by atoms with Crippen molar-refractivity contribution in [1.82, 2.24) is 10.5 Å². The smallest absolute Gasteiger partial charge is 0.138 e. The number of nitrogens with zero attached hydrogens (tertiary/aromatic N) is 1. The van der Waals surface area contributed by atoms with Gasteiger partial charge in [0, 0.05) is 18.7 Å². The molecule has 0 amide bonds. The first-order valence-electron chi connectivity index (χ1n) is 6.94. The minimum atomic E-state index is 0.207. The van der Waals surface area contributed by atoms with E-state index in [0.29, 0.717) is 0 Å². The lowest BCUT2D eigenvalue weighted by atomic mass is 10.2. The Balaban J connectivity index is 1.85. The van der Waals surface area contributed by atoms with Crippen molar-refractivity contribution >= 4 is 0 Å². The molecule has 0 bridgehead atoms. The number of hydrogen-bond donors (Lipinski definition) is 1. The molecule has 20 heavy (non-hydrogen) atoms. The topological polar surface area (TPSA) is 47.3 Å². The predicted octanol–water partition coefficient (Wildman–Crippen LogP) is 3.37. The van der Waals surface area contributed by atoms with Gasteiger partial charge in [-0.1, -0.05) is 17.3 Å². The molecule has 1 aromatic heterocycles. The molecule has 4 heteroatoms. The molecule has 0 fully saturated rings. The summed E-state index contributed by atoms with van der Waals surface area (Å²) < 4.78 is 10.8. The first kappa shape index (κ1) is 14.6. The molecule has 0 atom stereocenters. The molecule has 0 radical (unpaired) electrons. The van der Waals surface area contributed by atoms with E-state index in [4.69, 9.17) is 9.26 Å².